The summed E-state index contributed by atoms with van der Waals surface area (Å²) in [7, 11) is 0. The summed E-state index contributed by atoms with van der Waals surface area (Å²) in [6.45, 7) is 2.56. The first kappa shape index (κ1) is 13.9. The van der Waals surface area contributed by atoms with Gasteiger partial charge < -0.3 is 15.2 Å². The van der Waals surface area contributed by atoms with E-state index in [-0.39, 0.29) is 18.0 Å². The van der Waals surface area contributed by atoms with E-state index in [1.54, 1.807) is 6.07 Å². The number of fused-ring (bicyclic) bond motifs is 1. The molecular weight excluding hydrogens is 269 g/mol. The second-order valence-corrected chi connectivity index (χ2v) is 5.14. The van der Waals surface area contributed by atoms with Crippen LogP contribution in [0.4, 0.5) is 4.39 Å². The summed E-state index contributed by atoms with van der Waals surface area (Å²) in [4.78, 5) is 0. The van der Waals surface area contributed by atoms with E-state index in [0.29, 0.717) is 18.8 Å². The van der Waals surface area contributed by atoms with Crippen LogP contribution in [0.1, 0.15) is 36.6 Å². The maximum Gasteiger partial charge on any atom is 0.127 e. The Morgan fingerprint density at radius 2 is 2.14 bits per heavy atom. The molecule has 2 aromatic rings. The highest BCUT2D eigenvalue weighted by molar-refractivity contribution is 5.40. The lowest BCUT2D eigenvalue weighted by molar-refractivity contribution is 0.160. The fraction of sp³-hybridized carbons (Fsp3) is 0.294. The maximum absolute atomic E-state index is 13.4. The van der Waals surface area contributed by atoms with Gasteiger partial charge in [0, 0.05) is 24.1 Å². The first-order valence-corrected chi connectivity index (χ1v) is 7.12. The molecule has 0 amide bonds. The molecule has 2 atom stereocenters. The van der Waals surface area contributed by atoms with Crippen LogP contribution in [0.15, 0.2) is 42.5 Å². The molecule has 1 unspecified atom stereocenters. The predicted molar refractivity (Wildman–Crippen MR) is 78.9 cm³/mol. The molecule has 0 saturated carbocycles. The van der Waals surface area contributed by atoms with Crippen molar-refractivity contribution in [3.63, 3.8) is 0 Å². The van der Waals surface area contributed by atoms with E-state index in [1.165, 1.54) is 12.1 Å². The Bertz CT molecular complexity index is 644. The van der Waals surface area contributed by atoms with Crippen molar-refractivity contribution in [2.75, 3.05) is 6.61 Å². The van der Waals surface area contributed by atoms with E-state index in [9.17, 15) is 4.39 Å². The normalized spacial score (nSPS) is 20.5. The fourth-order valence-electron chi connectivity index (χ4n) is 2.65. The zero-order valence-electron chi connectivity index (χ0n) is 11.9. The van der Waals surface area contributed by atoms with Gasteiger partial charge in [-0.15, -0.1) is 0 Å². The van der Waals surface area contributed by atoms with Crippen molar-refractivity contribution in [3.8, 4) is 11.5 Å². The van der Waals surface area contributed by atoms with Gasteiger partial charge in [0.2, 0.25) is 0 Å². The molecule has 2 aromatic carbocycles. The standard InChI is InChI=1S/C17H18FNO2/c1-2-20-13-5-3-4-11(8-13)16-10-15(19)14-7-6-12(18)9-17(14)21-16/h3-9,15-16H,2,10,19H2,1H3/t15-,16?/m0/s1. The van der Waals surface area contributed by atoms with Crippen LogP contribution in [-0.4, -0.2) is 6.61 Å². The molecule has 0 spiro atoms. The van der Waals surface area contributed by atoms with Gasteiger partial charge in [-0.2, -0.15) is 0 Å². The topological polar surface area (TPSA) is 44.5 Å². The van der Waals surface area contributed by atoms with Gasteiger partial charge in [0.1, 0.15) is 23.4 Å². The Labute approximate surface area is 123 Å². The summed E-state index contributed by atoms with van der Waals surface area (Å²) in [5.41, 5.74) is 8.03. The summed E-state index contributed by atoms with van der Waals surface area (Å²) < 4.78 is 24.8. The summed E-state index contributed by atoms with van der Waals surface area (Å²) in [5.74, 6) is 1.02. The quantitative estimate of drug-likeness (QED) is 0.935. The molecule has 0 aromatic heterocycles. The van der Waals surface area contributed by atoms with E-state index in [2.05, 4.69) is 0 Å². The van der Waals surface area contributed by atoms with E-state index < -0.39 is 0 Å². The summed E-state index contributed by atoms with van der Waals surface area (Å²) in [6.07, 6.45) is 0.475. The van der Waals surface area contributed by atoms with Crippen molar-refractivity contribution >= 4 is 0 Å². The lowest BCUT2D eigenvalue weighted by Crippen LogP contribution is -2.24. The van der Waals surface area contributed by atoms with Crippen molar-refractivity contribution < 1.29 is 13.9 Å². The van der Waals surface area contributed by atoms with Gasteiger partial charge in [-0.1, -0.05) is 18.2 Å². The van der Waals surface area contributed by atoms with Crippen LogP contribution in [0.5, 0.6) is 11.5 Å². The number of halogens is 1. The average molecular weight is 287 g/mol. The molecule has 0 bridgehead atoms. The summed E-state index contributed by atoms with van der Waals surface area (Å²) in [6, 6.07) is 12.1. The average Bonchev–Trinajstić information content (AvgIpc) is 2.47. The summed E-state index contributed by atoms with van der Waals surface area (Å²) >= 11 is 0. The molecule has 1 aliphatic rings. The molecule has 1 aliphatic heterocycles. The van der Waals surface area contributed by atoms with Crippen LogP contribution in [0.25, 0.3) is 0 Å². The Morgan fingerprint density at radius 3 is 2.95 bits per heavy atom. The zero-order valence-corrected chi connectivity index (χ0v) is 11.9. The predicted octanol–water partition coefficient (Wildman–Crippen LogP) is 3.75. The SMILES string of the molecule is CCOc1cccc(C2C[C@H](N)c3ccc(F)cc3O2)c1. The van der Waals surface area contributed by atoms with Crippen LogP contribution in [-0.2, 0) is 0 Å². The van der Waals surface area contributed by atoms with E-state index >= 15 is 0 Å². The molecule has 2 N–H and O–H groups in total. The Balaban J connectivity index is 1.89. The van der Waals surface area contributed by atoms with Gasteiger partial charge in [0.05, 0.1) is 6.61 Å². The minimum absolute atomic E-state index is 0.157. The minimum Gasteiger partial charge on any atom is -0.494 e. The van der Waals surface area contributed by atoms with Crippen LogP contribution >= 0.6 is 0 Å². The number of ether oxygens (including phenoxy) is 2. The molecule has 0 saturated heterocycles. The summed E-state index contributed by atoms with van der Waals surface area (Å²) in [5, 5.41) is 0. The van der Waals surface area contributed by atoms with Gasteiger partial charge in [0.15, 0.2) is 0 Å². The zero-order chi connectivity index (χ0) is 14.8. The number of hydrogen-bond acceptors (Lipinski definition) is 3. The van der Waals surface area contributed by atoms with Gasteiger partial charge in [0.25, 0.3) is 0 Å². The van der Waals surface area contributed by atoms with Crippen molar-refractivity contribution in [1.82, 2.24) is 0 Å². The number of hydrogen-bond donors (Lipinski definition) is 1. The molecule has 0 fully saturated rings. The smallest absolute Gasteiger partial charge is 0.127 e. The second kappa shape index (κ2) is 5.74. The minimum atomic E-state index is -0.315. The lowest BCUT2D eigenvalue weighted by Gasteiger charge is -2.30. The maximum atomic E-state index is 13.4. The lowest BCUT2D eigenvalue weighted by atomic mass is 9.93. The molecule has 0 radical (unpaired) electrons. The third-order valence-electron chi connectivity index (χ3n) is 3.65. The molecular formula is C17H18FNO2. The van der Waals surface area contributed by atoms with Crippen LogP contribution < -0.4 is 15.2 Å². The molecule has 21 heavy (non-hydrogen) atoms. The van der Waals surface area contributed by atoms with Crippen LogP contribution in [0.3, 0.4) is 0 Å². The van der Waals surface area contributed by atoms with Gasteiger partial charge in [-0.25, -0.2) is 4.39 Å². The van der Waals surface area contributed by atoms with Crippen molar-refractivity contribution in [1.29, 1.82) is 0 Å². The van der Waals surface area contributed by atoms with Crippen molar-refractivity contribution in [2.45, 2.75) is 25.5 Å². The fourth-order valence-corrected chi connectivity index (χ4v) is 2.65. The third kappa shape index (κ3) is 2.85. The first-order valence-electron chi connectivity index (χ1n) is 7.12. The molecule has 3 rings (SSSR count). The molecule has 0 aliphatic carbocycles. The molecule has 4 heteroatoms. The Morgan fingerprint density at radius 1 is 1.29 bits per heavy atom. The monoisotopic (exact) mass is 287 g/mol. The Kier molecular flexibility index (Phi) is 3.80. The first-order chi connectivity index (χ1) is 10.2. The number of rotatable bonds is 3. The Hall–Kier alpha value is -2.07. The second-order valence-electron chi connectivity index (χ2n) is 5.14. The molecule has 1 heterocycles. The van der Waals surface area contributed by atoms with E-state index in [0.717, 1.165) is 16.9 Å². The van der Waals surface area contributed by atoms with E-state index in [1.807, 2.05) is 31.2 Å². The van der Waals surface area contributed by atoms with Gasteiger partial charge in [-0.05, 0) is 30.7 Å². The molecule has 3 nitrogen and oxygen atoms in total. The molecule has 110 valence electrons. The van der Waals surface area contributed by atoms with Gasteiger partial charge >= 0.3 is 0 Å². The number of nitrogens with two attached hydrogens (primary N) is 1. The largest absolute Gasteiger partial charge is 0.494 e. The highest BCUT2D eigenvalue weighted by atomic mass is 19.1. The number of benzene rings is 2. The van der Waals surface area contributed by atoms with Crippen LogP contribution in [0.2, 0.25) is 0 Å². The third-order valence-corrected chi connectivity index (χ3v) is 3.65. The highest BCUT2D eigenvalue weighted by Crippen LogP contribution is 2.40. The van der Waals surface area contributed by atoms with Crippen LogP contribution in [0, 0.1) is 5.82 Å². The van der Waals surface area contributed by atoms with Crippen molar-refractivity contribution in [3.05, 3.63) is 59.4 Å². The van der Waals surface area contributed by atoms with Crippen molar-refractivity contribution in [2.24, 2.45) is 5.73 Å². The van der Waals surface area contributed by atoms with E-state index in [4.69, 9.17) is 15.2 Å². The highest BCUT2D eigenvalue weighted by Gasteiger charge is 2.27. The van der Waals surface area contributed by atoms with Gasteiger partial charge in [-0.3, -0.25) is 0 Å².